The number of amides is 2. The third-order valence-electron chi connectivity index (χ3n) is 5.99. The van der Waals surface area contributed by atoms with E-state index in [1.54, 1.807) is 24.3 Å². The van der Waals surface area contributed by atoms with E-state index in [1.807, 2.05) is 12.2 Å². The fourth-order valence-corrected chi connectivity index (χ4v) is 6.27. The molecule has 5 rings (SSSR count). The molecule has 4 atom stereocenters. The number of halogens is 1. The molecule has 0 spiro atoms. The van der Waals surface area contributed by atoms with Gasteiger partial charge in [0.2, 0.25) is 11.8 Å². The number of nitrogens with zero attached hydrogens (tertiary/aromatic N) is 1. The number of fused-ring (bicyclic) bond motifs is 5. The first kappa shape index (κ1) is 18.6. The summed E-state index contributed by atoms with van der Waals surface area (Å²) in [6.45, 7) is 0. The Hall–Kier alpha value is -2.45. The second kappa shape index (κ2) is 6.53. The van der Waals surface area contributed by atoms with E-state index in [4.69, 9.17) is 0 Å². The molecule has 148 valence electrons. The standard InChI is InChI=1S/C21H17BrN2O4S/c22-16-3-1-2-4-17(16)23-29(27,28)15-9-7-14(8-10-15)24-20(25)18-12-5-6-13(11-12)19(18)21(24)26/h1-10,12-13,18-19,23H,11H2/t12-,13+,18?,19?. The van der Waals surface area contributed by atoms with Crippen molar-refractivity contribution in [2.75, 3.05) is 9.62 Å². The molecular weight excluding hydrogens is 456 g/mol. The number of benzene rings is 2. The minimum Gasteiger partial charge on any atom is -0.278 e. The zero-order valence-electron chi connectivity index (χ0n) is 15.2. The minimum atomic E-state index is -3.80. The van der Waals surface area contributed by atoms with E-state index in [9.17, 15) is 18.0 Å². The Morgan fingerprint density at radius 2 is 1.48 bits per heavy atom. The maximum absolute atomic E-state index is 12.9. The van der Waals surface area contributed by atoms with E-state index in [-0.39, 0.29) is 40.4 Å². The molecule has 2 aromatic carbocycles. The average molecular weight is 473 g/mol. The van der Waals surface area contributed by atoms with Gasteiger partial charge in [-0.15, -0.1) is 0 Å². The molecule has 3 aliphatic rings. The Balaban J connectivity index is 1.40. The van der Waals surface area contributed by atoms with E-state index < -0.39 is 10.0 Å². The van der Waals surface area contributed by atoms with Crippen molar-refractivity contribution in [1.82, 2.24) is 0 Å². The largest absolute Gasteiger partial charge is 0.278 e. The number of carbonyl (C=O) groups excluding carboxylic acids is 2. The van der Waals surface area contributed by atoms with Gasteiger partial charge in [0.1, 0.15) is 0 Å². The molecule has 1 heterocycles. The molecule has 2 aromatic rings. The zero-order valence-corrected chi connectivity index (χ0v) is 17.6. The molecule has 2 fully saturated rings. The number of carbonyl (C=O) groups is 2. The maximum Gasteiger partial charge on any atom is 0.261 e. The molecule has 6 nitrogen and oxygen atoms in total. The van der Waals surface area contributed by atoms with Crippen molar-refractivity contribution in [2.45, 2.75) is 11.3 Å². The van der Waals surface area contributed by atoms with Crippen molar-refractivity contribution in [3.05, 3.63) is 65.2 Å². The lowest BCUT2D eigenvalue weighted by Gasteiger charge is -2.18. The van der Waals surface area contributed by atoms with Gasteiger partial charge in [-0.05, 0) is 70.6 Å². The quantitative estimate of drug-likeness (QED) is 0.544. The Kier molecular flexibility index (Phi) is 4.18. The topological polar surface area (TPSA) is 83.6 Å². The Labute approximate surface area is 176 Å². The predicted molar refractivity (Wildman–Crippen MR) is 112 cm³/mol. The van der Waals surface area contributed by atoms with Crippen LogP contribution in [0.3, 0.4) is 0 Å². The Bertz CT molecular complexity index is 1130. The molecule has 2 unspecified atom stereocenters. The van der Waals surface area contributed by atoms with Crippen molar-refractivity contribution >= 4 is 49.1 Å². The second-order valence-corrected chi connectivity index (χ2v) is 10.1. The van der Waals surface area contributed by atoms with Gasteiger partial charge in [-0.25, -0.2) is 8.42 Å². The van der Waals surface area contributed by atoms with Crippen LogP contribution in [0.2, 0.25) is 0 Å². The summed E-state index contributed by atoms with van der Waals surface area (Å²) in [6.07, 6.45) is 4.96. The van der Waals surface area contributed by atoms with E-state index >= 15 is 0 Å². The first-order valence-electron chi connectivity index (χ1n) is 9.30. The van der Waals surface area contributed by atoms with Crippen molar-refractivity contribution in [3.63, 3.8) is 0 Å². The summed E-state index contributed by atoms with van der Waals surface area (Å²) < 4.78 is 28.5. The summed E-state index contributed by atoms with van der Waals surface area (Å²) in [6, 6.07) is 12.8. The number of anilines is 2. The van der Waals surface area contributed by atoms with Gasteiger partial charge in [-0.2, -0.15) is 0 Å². The minimum absolute atomic E-state index is 0.0537. The fourth-order valence-electron chi connectivity index (χ4n) is 4.68. The molecule has 2 aliphatic carbocycles. The van der Waals surface area contributed by atoms with Gasteiger partial charge in [-0.1, -0.05) is 24.3 Å². The highest BCUT2D eigenvalue weighted by Gasteiger charge is 2.59. The van der Waals surface area contributed by atoms with Crippen LogP contribution < -0.4 is 9.62 Å². The summed E-state index contributed by atoms with van der Waals surface area (Å²) in [7, 11) is -3.80. The molecule has 1 saturated carbocycles. The van der Waals surface area contributed by atoms with Crippen LogP contribution in [-0.2, 0) is 19.6 Å². The summed E-state index contributed by atoms with van der Waals surface area (Å²) in [5.41, 5.74) is 0.839. The van der Waals surface area contributed by atoms with Crippen LogP contribution in [0.1, 0.15) is 6.42 Å². The first-order chi connectivity index (χ1) is 13.9. The highest BCUT2D eigenvalue weighted by molar-refractivity contribution is 9.10. The molecule has 1 saturated heterocycles. The molecule has 0 radical (unpaired) electrons. The van der Waals surface area contributed by atoms with Gasteiger partial charge in [0, 0.05) is 4.47 Å². The highest BCUT2D eigenvalue weighted by atomic mass is 79.9. The summed E-state index contributed by atoms with van der Waals surface area (Å²) in [5, 5.41) is 0. The van der Waals surface area contributed by atoms with Crippen LogP contribution >= 0.6 is 15.9 Å². The van der Waals surface area contributed by atoms with Gasteiger partial charge in [0.25, 0.3) is 10.0 Å². The molecule has 1 aliphatic heterocycles. The van der Waals surface area contributed by atoms with E-state index in [0.717, 1.165) is 6.42 Å². The van der Waals surface area contributed by atoms with Crippen LogP contribution in [0.15, 0.2) is 70.1 Å². The average Bonchev–Trinajstić information content (AvgIpc) is 3.38. The fraction of sp³-hybridized carbons (Fsp3) is 0.238. The van der Waals surface area contributed by atoms with Gasteiger partial charge >= 0.3 is 0 Å². The van der Waals surface area contributed by atoms with Crippen molar-refractivity contribution in [1.29, 1.82) is 0 Å². The number of allylic oxidation sites excluding steroid dienone is 2. The normalized spacial score (nSPS) is 27.6. The lowest BCUT2D eigenvalue weighted by molar-refractivity contribution is -0.123. The number of rotatable bonds is 4. The number of para-hydroxylation sites is 1. The van der Waals surface area contributed by atoms with Crippen LogP contribution in [0, 0.1) is 23.7 Å². The predicted octanol–water partition coefficient (Wildman–Crippen LogP) is 3.56. The van der Waals surface area contributed by atoms with E-state index in [0.29, 0.717) is 15.8 Å². The number of sulfonamides is 1. The molecule has 1 N–H and O–H groups in total. The summed E-state index contributed by atoms with van der Waals surface area (Å²) in [5.74, 6) is -0.646. The number of hydrogen-bond acceptors (Lipinski definition) is 4. The van der Waals surface area contributed by atoms with Crippen LogP contribution in [0.5, 0.6) is 0 Å². The van der Waals surface area contributed by atoms with Gasteiger partial charge in [0.15, 0.2) is 0 Å². The number of imide groups is 1. The first-order valence-corrected chi connectivity index (χ1v) is 11.6. The third-order valence-corrected chi connectivity index (χ3v) is 8.07. The highest BCUT2D eigenvalue weighted by Crippen LogP contribution is 2.53. The molecular formula is C21H17BrN2O4S. The molecule has 2 amide bonds. The Morgan fingerprint density at radius 3 is 2.07 bits per heavy atom. The Morgan fingerprint density at radius 1 is 0.897 bits per heavy atom. The monoisotopic (exact) mass is 472 g/mol. The molecule has 0 aromatic heterocycles. The van der Waals surface area contributed by atoms with Gasteiger partial charge < -0.3 is 0 Å². The third kappa shape index (κ3) is 2.85. The number of nitrogens with one attached hydrogen (secondary N) is 1. The molecule has 8 heteroatoms. The SMILES string of the molecule is O=C1C2C(C(=O)N1c1ccc(S(=O)(=O)Nc3ccccc3Br)cc1)[C@H]1C=C[C@@H]2C1. The van der Waals surface area contributed by atoms with Gasteiger partial charge in [0.05, 0.1) is 28.1 Å². The number of hydrogen-bond donors (Lipinski definition) is 1. The second-order valence-electron chi connectivity index (χ2n) is 7.59. The maximum atomic E-state index is 12.9. The van der Waals surface area contributed by atoms with Crippen LogP contribution in [0.25, 0.3) is 0 Å². The van der Waals surface area contributed by atoms with Crippen molar-refractivity contribution in [2.24, 2.45) is 23.7 Å². The lowest BCUT2D eigenvalue weighted by Crippen LogP contribution is -2.32. The van der Waals surface area contributed by atoms with Crippen LogP contribution in [0.4, 0.5) is 11.4 Å². The van der Waals surface area contributed by atoms with E-state index in [2.05, 4.69) is 20.7 Å². The van der Waals surface area contributed by atoms with Gasteiger partial charge in [-0.3, -0.25) is 19.2 Å². The van der Waals surface area contributed by atoms with E-state index in [1.165, 1.54) is 29.2 Å². The summed E-state index contributed by atoms with van der Waals surface area (Å²) in [4.78, 5) is 27.0. The zero-order chi connectivity index (χ0) is 20.3. The van der Waals surface area contributed by atoms with Crippen molar-refractivity contribution < 1.29 is 18.0 Å². The molecule has 29 heavy (non-hydrogen) atoms. The van der Waals surface area contributed by atoms with Crippen LogP contribution in [-0.4, -0.2) is 20.2 Å². The van der Waals surface area contributed by atoms with Crippen molar-refractivity contribution in [3.8, 4) is 0 Å². The smallest absolute Gasteiger partial charge is 0.261 e. The lowest BCUT2D eigenvalue weighted by atomic mass is 9.85. The summed E-state index contributed by atoms with van der Waals surface area (Å²) >= 11 is 3.32. The molecule has 2 bridgehead atoms.